The summed E-state index contributed by atoms with van der Waals surface area (Å²) in [6.45, 7) is 6.36. The number of allylic oxidation sites excluding steroid dienone is 1. The average molecular weight is 468 g/mol. The molecule has 8 heteroatoms. The Balaban J connectivity index is 1.81. The van der Waals surface area contributed by atoms with Crippen LogP contribution in [0, 0.1) is 5.82 Å². The summed E-state index contributed by atoms with van der Waals surface area (Å²) in [6, 6.07) is 12.9. The molecule has 3 rings (SSSR count). The number of amides is 1. The van der Waals surface area contributed by atoms with E-state index in [0.717, 1.165) is 11.1 Å². The van der Waals surface area contributed by atoms with Crippen molar-refractivity contribution in [3.8, 4) is 11.5 Å². The molecule has 1 aromatic heterocycles. The Morgan fingerprint density at radius 1 is 1.24 bits per heavy atom. The van der Waals surface area contributed by atoms with Crippen LogP contribution in [0.2, 0.25) is 5.15 Å². The number of benzene rings is 2. The molecule has 0 saturated carbocycles. The highest BCUT2D eigenvalue weighted by atomic mass is 35.5. The Bertz CT molecular complexity index is 1150. The number of halogens is 2. The summed E-state index contributed by atoms with van der Waals surface area (Å²) in [7, 11) is 0. The van der Waals surface area contributed by atoms with Crippen LogP contribution in [0.15, 0.2) is 72.5 Å². The molecule has 1 amide bonds. The van der Waals surface area contributed by atoms with Gasteiger partial charge in [0.15, 0.2) is 11.5 Å². The van der Waals surface area contributed by atoms with Crippen molar-refractivity contribution in [2.24, 2.45) is 5.10 Å². The van der Waals surface area contributed by atoms with Crippen LogP contribution in [-0.4, -0.2) is 23.7 Å². The van der Waals surface area contributed by atoms with Gasteiger partial charge in [-0.1, -0.05) is 29.8 Å². The number of hydrazone groups is 1. The molecule has 6 nitrogen and oxygen atoms in total. The first-order valence-electron chi connectivity index (χ1n) is 10.2. The molecule has 0 bridgehead atoms. The minimum atomic E-state index is -0.472. The van der Waals surface area contributed by atoms with Crippen LogP contribution < -0.4 is 14.9 Å². The van der Waals surface area contributed by atoms with Gasteiger partial charge in [-0.15, -0.1) is 6.58 Å². The standard InChI is InChI=1S/C25H23ClFN3O3/c1-3-6-19-13-18(15-29-30-25(31)21-7-5-12-28-24(21)26)14-22(32-4-2)23(19)33-16-17-8-10-20(27)11-9-17/h3,5,7-15H,1,4,6,16H2,2H3,(H,30,31). The first-order chi connectivity index (χ1) is 16.0. The number of hydrogen-bond acceptors (Lipinski definition) is 5. The summed E-state index contributed by atoms with van der Waals surface area (Å²) in [5.41, 5.74) is 5.02. The van der Waals surface area contributed by atoms with Crippen LogP contribution >= 0.6 is 11.6 Å². The van der Waals surface area contributed by atoms with Crippen molar-refractivity contribution in [3.05, 3.63) is 101 Å². The van der Waals surface area contributed by atoms with E-state index in [1.807, 2.05) is 13.0 Å². The highest BCUT2D eigenvalue weighted by Gasteiger charge is 2.14. The number of aromatic nitrogens is 1. The maximum Gasteiger partial charge on any atom is 0.274 e. The smallest absolute Gasteiger partial charge is 0.274 e. The van der Waals surface area contributed by atoms with E-state index in [0.29, 0.717) is 30.1 Å². The minimum absolute atomic E-state index is 0.0970. The van der Waals surface area contributed by atoms with E-state index in [2.05, 4.69) is 22.1 Å². The van der Waals surface area contributed by atoms with Gasteiger partial charge in [-0.2, -0.15) is 5.10 Å². The Morgan fingerprint density at radius 3 is 2.73 bits per heavy atom. The van der Waals surface area contributed by atoms with Crippen LogP contribution in [-0.2, 0) is 13.0 Å². The topological polar surface area (TPSA) is 72.8 Å². The number of ether oxygens (including phenoxy) is 2. The van der Waals surface area contributed by atoms with Crippen molar-refractivity contribution in [2.75, 3.05) is 6.61 Å². The molecule has 33 heavy (non-hydrogen) atoms. The van der Waals surface area contributed by atoms with E-state index in [-0.39, 0.29) is 23.1 Å². The van der Waals surface area contributed by atoms with Crippen LogP contribution in [0.4, 0.5) is 4.39 Å². The molecule has 1 heterocycles. The molecule has 0 radical (unpaired) electrons. The predicted octanol–water partition coefficient (Wildman–Crippen LogP) is 5.34. The third-order valence-electron chi connectivity index (χ3n) is 4.50. The highest BCUT2D eigenvalue weighted by Crippen LogP contribution is 2.34. The van der Waals surface area contributed by atoms with Gasteiger partial charge in [0, 0.05) is 11.8 Å². The third kappa shape index (κ3) is 6.63. The van der Waals surface area contributed by atoms with Crippen LogP contribution in [0.1, 0.15) is 34.0 Å². The van der Waals surface area contributed by atoms with Gasteiger partial charge < -0.3 is 9.47 Å². The molecule has 0 aliphatic rings. The van der Waals surface area contributed by atoms with Gasteiger partial charge in [-0.05, 0) is 60.9 Å². The Labute approximate surface area is 196 Å². The first kappa shape index (κ1) is 23.9. The maximum atomic E-state index is 13.2. The molecule has 1 N–H and O–H groups in total. The largest absolute Gasteiger partial charge is 0.490 e. The second-order valence-electron chi connectivity index (χ2n) is 6.89. The SMILES string of the molecule is C=CCc1cc(C=NNC(=O)c2cccnc2Cl)cc(OCC)c1OCc1ccc(F)cc1. The van der Waals surface area contributed by atoms with Gasteiger partial charge >= 0.3 is 0 Å². The lowest BCUT2D eigenvalue weighted by molar-refractivity contribution is 0.0955. The zero-order valence-corrected chi connectivity index (χ0v) is 18.8. The van der Waals surface area contributed by atoms with E-state index in [1.165, 1.54) is 24.5 Å². The normalized spacial score (nSPS) is 10.8. The molecule has 0 aliphatic heterocycles. The van der Waals surface area contributed by atoms with Crippen molar-refractivity contribution >= 4 is 23.7 Å². The van der Waals surface area contributed by atoms with Gasteiger partial charge in [0.2, 0.25) is 0 Å². The average Bonchev–Trinajstić information content (AvgIpc) is 2.80. The van der Waals surface area contributed by atoms with Crippen molar-refractivity contribution in [1.82, 2.24) is 10.4 Å². The molecule has 0 saturated heterocycles. The van der Waals surface area contributed by atoms with Crippen LogP contribution in [0.25, 0.3) is 0 Å². The monoisotopic (exact) mass is 467 g/mol. The van der Waals surface area contributed by atoms with Gasteiger partial charge in [-0.3, -0.25) is 4.79 Å². The van der Waals surface area contributed by atoms with Gasteiger partial charge in [0.05, 0.1) is 18.4 Å². The lowest BCUT2D eigenvalue weighted by Gasteiger charge is -2.17. The van der Waals surface area contributed by atoms with E-state index < -0.39 is 5.91 Å². The number of hydrogen-bond donors (Lipinski definition) is 1. The Hall–Kier alpha value is -3.71. The maximum absolute atomic E-state index is 13.2. The number of pyridine rings is 1. The summed E-state index contributed by atoms with van der Waals surface area (Å²) >= 11 is 5.94. The fourth-order valence-electron chi connectivity index (χ4n) is 3.01. The fourth-order valence-corrected chi connectivity index (χ4v) is 3.21. The zero-order chi connectivity index (χ0) is 23.6. The predicted molar refractivity (Wildman–Crippen MR) is 127 cm³/mol. The van der Waals surface area contributed by atoms with E-state index in [9.17, 15) is 9.18 Å². The number of carbonyl (C=O) groups is 1. The van der Waals surface area contributed by atoms with Gasteiger partial charge in [0.25, 0.3) is 5.91 Å². The quantitative estimate of drug-likeness (QED) is 0.189. The van der Waals surface area contributed by atoms with E-state index in [1.54, 1.807) is 36.4 Å². The molecule has 3 aromatic rings. The molecule has 0 fully saturated rings. The van der Waals surface area contributed by atoms with Crippen molar-refractivity contribution in [3.63, 3.8) is 0 Å². The third-order valence-corrected chi connectivity index (χ3v) is 4.80. The first-order valence-corrected chi connectivity index (χ1v) is 10.6. The summed E-state index contributed by atoms with van der Waals surface area (Å²) in [5, 5.41) is 4.12. The summed E-state index contributed by atoms with van der Waals surface area (Å²) in [5.74, 6) is 0.328. The number of nitrogens with zero attached hydrogens (tertiary/aromatic N) is 2. The summed E-state index contributed by atoms with van der Waals surface area (Å²) in [4.78, 5) is 16.1. The Morgan fingerprint density at radius 2 is 2.03 bits per heavy atom. The van der Waals surface area contributed by atoms with Crippen molar-refractivity contribution in [2.45, 2.75) is 20.0 Å². The fraction of sp³-hybridized carbons (Fsp3) is 0.160. The molecule has 0 atom stereocenters. The lowest BCUT2D eigenvalue weighted by Crippen LogP contribution is -2.18. The van der Waals surface area contributed by atoms with E-state index >= 15 is 0 Å². The van der Waals surface area contributed by atoms with E-state index in [4.69, 9.17) is 21.1 Å². The molecule has 0 aliphatic carbocycles. The van der Waals surface area contributed by atoms with Gasteiger partial charge in [0.1, 0.15) is 17.6 Å². The molecule has 2 aromatic carbocycles. The lowest BCUT2D eigenvalue weighted by atomic mass is 10.1. The second-order valence-corrected chi connectivity index (χ2v) is 7.25. The van der Waals surface area contributed by atoms with Crippen molar-refractivity contribution < 1.29 is 18.7 Å². The Kier molecular flexibility index (Phi) is 8.55. The minimum Gasteiger partial charge on any atom is -0.490 e. The molecule has 0 spiro atoms. The van der Waals surface area contributed by atoms with Crippen molar-refractivity contribution in [1.29, 1.82) is 0 Å². The highest BCUT2D eigenvalue weighted by molar-refractivity contribution is 6.32. The van der Waals surface area contributed by atoms with Crippen LogP contribution in [0.5, 0.6) is 11.5 Å². The number of rotatable bonds is 10. The molecule has 0 unspecified atom stereocenters. The van der Waals surface area contributed by atoms with Crippen LogP contribution in [0.3, 0.4) is 0 Å². The summed E-state index contributed by atoms with van der Waals surface area (Å²) in [6.07, 6.45) is 5.28. The molecule has 170 valence electrons. The molecular weight excluding hydrogens is 445 g/mol. The van der Waals surface area contributed by atoms with Gasteiger partial charge in [-0.25, -0.2) is 14.8 Å². The molecular formula is C25H23ClFN3O3. The number of nitrogens with one attached hydrogen (secondary N) is 1. The zero-order valence-electron chi connectivity index (χ0n) is 18.1. The summed E-state index contributed by atoms with van der Waals surface area (Å²) < 4.78 is 25.0. The second kappa shape index (κ2) is 11.8. The number of carbonyl (C=O) groups excluding carboxylic acids is 1.